The average Bonchev–Trinajstić information content (AvgIpc) is 3.13. The highest BCUT2D eigenvalue weighted by molar-refractivity contribution is 4.90. The molecule has 0 saturated carbocycles. The van der Waals surface area contributed by atoms with Crippen LogP contribution >= 0.6 is 0 Å². The van der Waals surface area contributed by atoms with E-state index in [1.165, 1.54) is 0 Å². The fourth-order valence-corrected chi connectivity index (χ4v) is 3.29. The maximum absolute atomic E-state index is 6.03. The van der Waals surface area contributed by atoms with Gasteiger partial charge >= 0.3 is 0 Å². The topological polar surface area (TPSA) is 76.9 Å². The second kappa shape index (κ2) is 13.3. The Bertz CT molecular complexity index is 554. The zero-order chi connectivity index (χ0) is 21.1. The summed E-state index contributed by atoms with van der Waals surface area (Å²) in [6.07, 6.45) is 3.91. The molecule has 0 aliphatic carbocycles. The van der Waals surface area contributed by atoms with Crippen LogP contribution in [0.4, 0.5) is 0 Å². The van der Waals surface area contributed by atoms with E-state index < -0.39 is 0 Å². The molecule has 4 unspecified atom stereocenters. The summed E-state index contributed by atoms with van der Waals surface area (Å²) in [5.74, 6) is 1.61. The van der Waals surface area contributed by atoms with Crippen LogP contribution in [0.1, 0.15) is 46.2 Å². The Morgan fingerprint density at radius 3 is 2.48 bits per heavy atom. The standard InChI is InChI=1S/C21H39N3O5/c1-16(2)6-7-26-8-9-27-10-11-28-15-19-13-24(23-22-19)14-20-12-17(3)18(4)21(25-5)29-20/h13,16-18,20-21H,6-12,14-15H2,1-5H3. The molecule has 1 aliphatic rings. The minimum atomic E-state index is -0.157. The maximum Gasteiger partial charge on any atom is 0.160 e. The first-order chi connectivity index (χ1) is 14.0. The molecule has 1 fully saturated rings. The minimum absolute atomic E-state index is 0.0813. The van der Waals surface area contributed by atoms with Crippen LogP contribution in [0.2, 0.25) is 0 Å². The van der Waals surface area contributed by atoms with Crippen LogP contribution in [-0.2, 0) is 36.8 Å². The molecule has 0 bridgehead atoms. The van der Waals surface area contributed by atoms with Gasteiger partial charge in [0.15, 0.2) is 6.29 Å². The molecule has 2 rings (SSSR count). The number of nitrogens with zero attached hydrogens (tertiary/aromatic N) is 3. The average molecular weight is 414 g/mol. The van der Waals surface area contributed by atoms with Gasteiger partial charge in [-0.1, -0.05) is 32.9 Å². The third-order valence-corrected chi connectivity index (χ3v) is 5.33. The molecule has 4 atom stereocenters. The SMILES string of the molecule is COC1OC(Cn2cc(COCCOCCOCCC(C)C)nn2)CC(C)C1C. The quantitative estimate of drug-likeness (QED) is 0.434. The van der Waals surface area contributed by atoms with Gasteiger partial charge in [0.25, 0.3) is 0 Å². The minimum Gasteiger partial charge on any atom is -0.379 e. The van der Waals surface area contributed by atoms with Crippen molar-refractivity contribution in [3.63, 3.8) is 0 Å². The zero-order valence-corrected chi connectivity index (χ0v) is 18.7. The number of rotatable bonds is 14. The summed E-state index contributed by atoms with van der Waals surface area (Å²) in [6, 6.07) is 0. The van der Waals surface area contributed by atoms with Crippen molar-refractivity contribution < 1.29 is 23.7 Å². The Labute approximate surface area is 175 Å². The van der Waals surface area contributed by atoms with E-state index in [0.29, 0.717) is 57.3 Å². The van der Waals surface area contributed by atoms with Gasteiger partial charge in [-0.25, -0.2) is 4.68 Å². The van der Waals surface area contributed by atoms with Gasteiger partial charge in [0.1, 0.15) is 5.69 Å². The third kappa shape index (κ3) is 9.09. The van der Waals surface area contributed by atoms with Gasteiger partial charge in [0, 0.05) is 19.6 Å². The monoisotopic (exact) mass is 413 g/mol. The fourth-order valence-electron chi connectivity index (χ4n) is 3.29. The van der Waals surface area contributed by atoms with E-state index in [0.717, 1.165) is 25.1 Å². The van der Waals surface area contributed by atoms with E-state index in [4.69, 9.17) is 23.7 Å². The molecule has 0 radical (unpaired) electrons. The molecule has 29 heavy (non-hydrogen) atoms. The maximum atomic E-state index is 6.03. The third-order valence-electron chi connectivity index (χ3n) is 5.33. The predicted molar refractivity (Wildman–Crippen MR) is 109 cm³/mol. The van der Waals surface area contributed by atoms with Crippen LogP contribution < -0.4 is 0 Å². The number of hydrogen-bond acceptors (Lipinski definition) is 7. The number of methoxy groups -OCH3 is 1. The van der Waals surface area contributed by atoms with Crippen LogP contribution in [0.15, 0.2) is 6.20 Å². The lowest BCUT2D eigenvalue weighted by Crippen LogP contribution is -2.41. The Hall–Kier alpha value is -1.06. The summed E-state index contributed by atoms with van der Waals surface area (Å²) in [5, 5.41) is 8.37. The smallest absolute Gasteiger partial charge is 0.160 e. The van der Waals surface area contributed by atoms with Crippen molar-refractivity contribution in [3.8, 4) is 0 Å². The normalized spacial score (nSPS) is 25.0. The summed E-state index contributed by atoms with van der Waals surface area (Å²) < 4.78 is 29.9. The molecule has 2 heterocycles. The van der Waals surface area contributed by atoms with Crippen LogP contribution in [0.3, 0.4) is 0 Å². The van der Waals surface area contributed by atoms with Gasteiger partial charge in [-0.3, -0.25) is 0 Å². The van der Waals surface area contributed by atoms with Crippen LogP contribution in [-0.4, -0.2) is 67.5 Å². The van der Waals surface area contributed by atoms with Crippen LogP contribution in [0.25, 0.3) is 0 Å². The molecule has 0 aromatic carbocycles. The van der Waals surface area contributed by atoms with Crippen molar-refractivity contribution >= 4 is 0 Å². The number of hydrogen-bond donors (Lipinski definition) is 0. The lowest BCUT2D eigenvalue weighted by Gasteiger charge is -2.38. The van der Waals surface area contributed by atoms with Crippen molar-refractivity contribution in [1.29, 1.82) is 0 Å². The number of aromatic nitrogens is 3. The van der Waals surface area contributed by atoms with Gasteiger partial charge in [-0.2, -0.15) is 0 Å². The molecule has 1 aliphatic heterocycles. The van der Waals surface area contributed by atoms with Crippen molar-refractivity contribution in [1.82, 2.24) is 15.0 Å². The molecule has 1 aromatic rings. The molecule has 1 aromatic heterocycles. The van der Waals surface area contributed by atoms with E-state index in [1.807, 2.05) is 10.9 Å². The van der Waals surface area contributed by atoms with Crippen LogP contribution in [0.5, 0.6) is 0 Å². The first-order valence-electron chi connectivity index (χ1n) is 10.8. The summed E-state index contributed by atoms with van der Waals surface area (Å²) in [7, 11) is 1.70. The van der Waals surface area contributed by atoms with Crippen molar-refractivity contribution in [2.24, 2.45) is 17.8 Å². The van der Waals surface area contributed by atoms with Crippen LogP contribution in [0, 0.1) is 17.8 Å². The second-order valence-corrected chi connectivity index (χ2v) is 8.33. The highest BCUT2D eigenvalue weighted by Gasteiger charge is 2.33. The van der Waals surface area contributed by atoms with E-state index in [1.54, 1.807) is 7.11 Å². The molecule has 8 heteroatoms. The van der Waals surface area contributed by atoms with Gasteiger partial charge in [0.05, 0.1) is 51.9 Å². The van der Waals surface area contributed by atoms with Crippen molar-refractivity contribution in [3.05, 3.63) is 11.9 Å². The molecule has 8 nitrogen and oxygen atoms in total. The summed E-state index contributed by atoms with van der Waals surface area (Å²) in [4.78, 5) is 0. The summed E-state index contributed by atoms with van der Waals surface area (Å²) in [5.41, 5.74) is 0.808. The van der Waals surface area contributed by atoms with E-state index >= 15 is 0 Å². The van der Waals surface area contributed by atoms with Gasteiger partial charge in [-0.15, -0.1) is 5.10 Å². The highest BCUT2D eigenvalue weighted by atomic mass is 16.7. The largest absolute Gasteiger partial charge is 0.379 e. The highest BCUT2D eigenvalue weighted by Crippen LogP contribution is 2.31. The lowest BCUT2D eigenvalue weighted by atomic mass is 9.87. The fraction of sp³-hybridized carbons (Fsp3) is 0.905. The van der Waals surface area contributed by atoms with Gasteiger partial charge in [-0.05, 0) is 24.7 Å². The predicted octanol–water partition coefficient (Wildman–Crippen LogP) is 2.91. The van der Waals surface area contributed by atoms with E-state index in [-0.39, 0.29) is 12.4 Å². The second-order valence-electron chi connectivity index (χ2n) is 8.33. The Morgan fingerprint density at radius 1 is 1.10 bits per heavy atom. The molecule has 1 saturated heterocycles. The first kappa shape index (κ1) is 24.2. The van der Waals surface area contributed by atoms with E-state index in [2.05, 4.69) is 38.0 Å². The Kier molecular flexibility index (Phi) is 11.1. The van der Waals surface area contributed by atoms with Crippen molar-refractivity contribution in [2.45, 2.75) is 66.1 Å². The molecule has 0 amide bonds. The first-order valence-corrected chi connectivity index (χ1v) is 10.8. The zero-order valence-electron chi connectivity index (χ0n) is 18.7. The summed E-state index contributed by atoms with van der Waals surface area (Å²) >= 11 is 0. The van der Waals surface area contributed by atoms with E-state index in [9.17, 15) is 0 Å². The van der Waals surface area contributed by atoms with Gasteiger partial charge < -0.3 is 23.7 Å². The molecular weight excluding hydrogens is 374 g/mol. The molecule has 168 valence electrons. The molecule has 0 N–H and O–H groups in total. The van der Waals surface area contributed by atoms with Gasteiger partial charge in [0.2, 0.25) is 0 Å². The Balaban J connectivity index is 1.55. The molecular formula is C21H39N3O5. The summed E-state index contributed by atoms with van der Waals surface area (Å²) in [6.45, 7) is 13.0. The lowest BCUT2D eigenvalue weighted by molar-refractivity contribution is -0.222. The number of ether oxygens (including phenoxy) is 5. The molecule has 0 spiro atoms. The Morgan fingerprint density at radius 2 is 1.79 bits per heavy atom. The van der Waals surface area contributed by atoms with Crippen molar-refractivity contribution in [2.75, 3.05) is 40.1 Å².